The molecular weight excluding hydrogens is 312 g/mol. The molecule has 1 aliphatic rings. The van der Waals surface area contributed by atoms with Crippen LogP contribution in [0.25, 0.3) is 0 Å². The molecule has 1 aromatic heterocycles. The second-order valence-electron chi connectivity index (χ2n) is 6.00. The number of hydrazone groups is 1. The van der Waals surface area contributed by atoms with Gasteiger partial charge in [0.1, 0.15) is 5.75 Å². The Labute approximate surface area is 142 Å². The molecule has 6 nitrogen and oxygen atoms in total. The Morgan fingerprint density at radius 2 is 2.22 bits per heavy atom. The summed E-state index contributed by atoms with van der Waals surface area (Å²) in [7, 11) is 0. The van der Waals surface area contributed by atoms with E-state index in [4.69, 9.17) is 12.2 Å². The molecule has 0 aliphatic heterocycles. The second kappa shape index (κ2) is 8.21. The first-order valence-electron chi connectivity index (χ1n) is 7.90. The molecule has 7 heteroatoms. The van der Waals surface area contributed by atoms with Crippen molar-refractivity contribution < 1.29 is 10.2 Å². The van der Waals surface area contributed by atoms with Gasteiger partial charge in [0.05, 0.1) is 18.5 Å². The summed E-state index contributed by atoms with van der Waals surface area (Å²) in [5, 5.41) is 27.2. The van der Waals surface area contributed by atoms with Gasteiger partial charge in [0, 0.05) is 23.4 Å². The summed E-state index contributed by atoms with van der Waals surface area (Å²) in [6, 6.07) is 0.378. The fourth-order valence-corrected chi connectivity index (χ4v) is 3.01. The maximum Gasteiger partial charge on any atom is 0.187 e. The van der Waals surface area contributed by atoms with Crippen LogP contribution in [0.4, 0.5) is 0 Å². The molecule has 126 valence electrons. The lowest BCUT2D eigenvalue weighted by molar-refractivity contribution is 0.280. The van der Waals surface area contributed by atoms with Gasteiger partial charge in [-0.2, -0.15) is 5.10 Å². The van der Waals surface area contributed by atoms with Crippen LogP contribution in [0.3, 0.4) is 0 Å². The van der Waals surface area contributed by atoms with E-state index in [-0.39, 0.29) is 12.4 Å². The Kier molecular flexibility index (Phi) is 6.29. The zero-order valence-corrected chi connectivity index (χ0v) is 14.4. The molecule has 0 saturated heterocycles. The Morgan fingerprint density at radius 1 is 1.48 bits per heavy atom. The summed E-state index contributed by atoms with van der Waals surface area (Å²) in [5.74, 6) is 0.613. The molecule has 0 radical (unpaired) electrons. The van der Waals surface area contributed by atoms with E-state index < -0.39 is 0 Å². The molecule has 4 N–H and O–H groups in total. The van der Waals surface area contributed by atoms with Gasteiger partial charge in [0.25, 0.3) is 0 Å². The molecule has 1 aromatic rings. The smallest absolute Gasteiger partial charge is 0.187 e. The van der Waals surface area contributed by atoms with Crippen LogP contribution in [0.1, 0.15) is 49.4 Å². The van der Waals surface area contributed by atoms with Gasteiger partial charge in [-0.1, -0.05) is 19.8 Å². The highest BCUT2D eigenvalue weighted by atomic mass is 32.1. The zero-order chi connectivity index (χ0) is 16.8. The molecule has 0 unspecified atom stereocenters. The van der Waals surface area contributed by atoms with E-state index in [1.807, 2.05) is 0 Å². The monoisotopic (exact) mass is 336 g/mol. The van der Waals surface area contributed by atoms with Crippen molar-refractivity contribution in [3.05, 3.63) is 23.0 Å². The maximum absolute atomic E-state index is 10.0. The minimum atomic E-state index is -0.218. The SMILES string of the molecule is Cc1ncc(CO)c(/C=N/NC(=S)N[C@H]2CCCC[C@@H]2C)c1O. The minimum Gasteiger partial charge on any atom is -0.505 e. The normalized spacial score (nSPS) is 21.3. The Bertz CT molecular complexity index is 592. The van der Waals surface area contributed by atoms with Crippen molar-refractivity contribution in [1.82, 2.24) is 15.7 Å². The molecule has 2 atom stereocenters. The van der Waals surface area contributed by atoms with Gasteiger partial charge >= 0.3 is 0 Å². The van der Waals surface area contributed by atoms with Crippen molar-refractivity contribution >= 4 is 23.5 Å². The molecule has 1 aliphatic carbocycles. The number of hydrogen-bond acceptors (Lipinski definition) is 5. The van der Waals surface area contributed by atoms with Crippen LogP contribution >= 0.6 is 12.2 Å². The molecule has 2 rings (SSSR count). The summed E-state index contributed by atoms with van der Waals surface area (Å²) in [6.45, 7) is 3.70. The van der Waals surface area contributed by atoms with E-state index in [1.165, 1.54) is 31.7 Å². The Morgan fingerprint density at radius 3 is 2.91 bits per heavy atom. The summed E-state index contributed by atoms with van der Waals surface area (Å²) >= 11 is 5.26. The van der Waals surface area contributed by atoms with Crippen molar-refractivity contribution in [2.75, 3.05) is 0 Å². The zero-order valence-electron chi connectivity index (χ0n) is 13.5. The molecule has 23 heavy (non-hydrogen) atoms. The number of aliphatic hydroxyl groups excluding tert-OH is 1. The predicted octanol–water partition coefficient (Wildman–Crippen LogP) is 1.96. The van der Waals surface area contributed by atoms with Gasteiger partial charge in [0.15, 0.2) is 5.11 Å². The standard InChI is InChI=1S/C16H24N4O2S/c1-10-5-3-4-6-14(10)19-16(23)20-18-8-13-12(9-21)7-17-11(2)15(13)22/h7-8,10,14,21-22H,3-6,9H2,1-2H3,(H2,19,20,23)/b18-8+/t10-,14-/m0/s1. The molecule has 0 amide bonds. The summed E-state index contributed by atoms with van der Waals surface area (Å²) in [6.07, 6.45) is 7.81. The molecule has 0 aromatic carbocycles. The molecule has 0 spiro atoms. The lowest BCUT2D eigenvalue weighted by atomic mass is 9.86. The summed E-state index contributed by atoms with van der Waals surface area (Å²) < 4.78 is 0. The first-order valence-corrected chi connectivity index (χ1v) is 8.31. The van der Waals surface area contributed by atoms with E-state index in [2.05, 4.69) is 27.8 Å². The highest BCUT2D eigenvalue weighted by Gasteiger charge is 2.21. The number of aromatic hydroxyl groups is 1. The lowest BCUT2D eigenvalue weighted by Crippen LogP contribution is -2.44. The number of pyridine rings is 1. The fourth-order valence-electron chi connectivity index (χ4n) is 2.81. The van der Waals surface area contributed by atoms with Gasteiger partial charge in [0.2, 0.25) is 0 Å². The molecule has 1 heterocycles. The maximum atomic E-state index is 10.0. The Balaban J connectivity index is 1.96. The number of nitrogens with zero attached hydrogens (tertiary/aromatic N) is 2. The number of aliphatic hydroxyl groups is 1. The van der Waals surface area contributed by atoms with Crippen molar-refractivity contribution in [2.45, 2.75) is 52.2 Å². The van der Waals surface area contributed by atoms with E-state index in [0.29, 0.717) is 33.9 Å². The lowest BCUT2D eigenvalue weighted by Gasteiger charge is -2.30. The van der Waals surface area contributed by atoms with Crippen LogP contribution in [0.15, 0.2) is 11.3 Å². The topological polar surface area (TPSA) is 89.8 Å². The number of nitrogens with one attached hydrogen (secondary N) is 2. The summed E-state index contributed by atoms with van der Waals surface area (Å²) in [4.78, 5) is 4.01. The third kappa shape index (κ3) is 4.62. The number of thiocarbonyl (C=S) groups is 1. The van der Waals surface area contributed by atoms with E-state index in [0.717, 1.165) is 6.42 Å². The molecule has 1 saturated carbocycles. The van der Waals surface area contributed by atoms with Crippen molar-refractivity contribution in [2.24, 2.45) is 11.0 Å². The van der Waals surface area contributed by atoms with Crippen molar-refractivity contribution in [3.63, 3.8) is 0 Å². The average molecular weight is 336 g/mol. The first-order chi connectivity index (χ1) is 11.0. The number of hydrogen-bond donors (Lipinski definition) is 4. The largest absolute Gasteiger partial charge is 0.505 e. The third-order valence-corrected chi connectivity index (χ3v) is 4.53. The first kappa shape index (κ1) is 17.6. The van der Waals surface area contributed by atoms with Crippen LogP contribution in [0, 0.1) is 12.8 Å². The van der Waals surface area contributed by atoms with Gasteiger partial charge in [-0.05, 0) is 37.9 Å². The predicted molar refractivity (Wildman–Crippen MR) is 94.4 cm³/mol. The Hall–Kier alpha value is -1.73. The van der Waals surface area contributed by atoms with Crippen LogP contribution in [0.2, 0.25) is 0 Å². The second-order valence-corrected chi connectivity index (χ2v) is 6.41. The van der Waals surface area contributed by atoms with Crippen molar-refractivity contribution in [3.8, 4) is 5.75 Å². The quantitative estimate of drug-likeness (QED) is 0.382. The molecular formula is C16H24N4O2S. The van der Waals surface area contributed by atoms with Crippen LogP contribution in [0.5, 0.6) is 5.75 Å². The average Bonchev–Trinajstić information content (AvgIpc) is 2.54. The van der Waals surface area contributed by atoms with Crippen molar-refractivity contribution in [1.29, 1.82) is 0 Å². The van der Waals surface area contributed by atoms with Gasteiger partial charge < -0.3 is 15.5 Å². The summed E-state index contributed by atoms with van der Waals surface area (Å²) in [5.41, 5.74) is 4.22. The van der Waals surface area contributed by atoms with E-state index in [1.54, 1.807) is 6.92 Å². The van der Waals surface area contributed by atoms with Crippen LogP contribution in [-0.4, -0.2) is 32.6 Å². The molecule has 0 bridgehead atoms. The third-order valence-electron chi connectivity index (χ3n) is 4.32. The van der Waals surface area contributed by atoms with Gasteiger partial charge in [-0.25, -0.2) is 0 Å². The van der Waals surface area contributed by atoms with Crippen LogP contribution in [-0.2, 0) is 6.61 Å². The molecule has 1 fully saturated rings. The van der Waals surface area contributed by atoms with E-state index >= 15 is 0 Å². The highest BCUT2D eigenvalue weighted by molar-refractivity contribution is 7.80. The van der Waals surface area contributed by atoms with E-state index in [9.17, 15) is 10.2 Å². The minimum absolute atomic E-state index is 0.0156. The number of rotatable bonds is 4. The van der Waals surface area contributed by atoms with Gasteiger partial charge in [-0.15, -0.1) is 0 Å². The van der Waals surface area contributed by atoms with Crippen LogP contribution < -0.4 is 10.7 Å². The number of aryl methyl sites for hydroxylation is 1. The fraction of sp³-hybridized carbons (Fsp3) is 0.562. The number of aromatic nitrogens is 1. The van der Waals surface area contributed by atoms with Gasteiger partial charge in [-0.3, -0.25) is 10.4 Å². The highest BCUT2D eigenvalue weighted by Crippen LogP contribution is 2.24.